The van der Waals surface area contributed by atoms with Gasteiger partial charge in [-0.3, -0.25) is 0 Å². The molecule has 0 saturated carbocycles. The number of aliphatic hydroxyl groups is 1. The topological polar surface area (TPSA) is 42.4 Å². The number of hydrogen-bond acceptors (Lipinski definition) is 3. The van der Waals surface area contributed by atoms with Crippen LogP contribution >= 0.6 is 0 Å². The summed E-state index contributed by atoms with van der Waals surface area (Å²) in [5.74, 6) is 1.74. The Morgan fingerprint density at radius 3 is 2.43 bits per heavy atom. The number of pyridine rings is 1. The third-order valence-corrected chi connectivity index (χ3v) is 3.68. The van der Waals surface area contributed by atoms with Gasteiger partial charge in [0.15, 0.2) is 0 Å². The fraction of sp³-hybridized carbons (Fsp3) is 0.389. The Balaban J connectivity index is 2.45. The van der Waals surface area contributed by atoms with Crippen molar-refractivity contribution < 1.29 is 9.84 Å². The average molecular weight is 285 g/mol. The van der Waals surface area contributed by atoms with Crippen LogP contribution in [0.1, 0.15) is 47.7 Å². The van der Waals surface area contributed by atoms with Crippen molar-refractivity contribution in [2.45, 2.75) is 47.1 Å². The lowest BCUT2D eigenvalue weighted by Crippen LogP contribution is -2.01. The van der Waals surface area contributed by atoms with E-state index in [1.165, 1.54) is 5.56 Å². The molecule has 1 aromatic carbocycles. The molecule has 0 unspecified atom stereocenters. The highest BCUT2D eigenvalue weighted by Gasteiger charge is 2.12. The normalized spacial score (nSPS) is 11.0. The standard InChI is InChI=1S/C18H23NO2/c1-11(2)15-7-6-12(3)17(9-15)21-18-16(10-20)13(4)8-14(5)19-18/h6-9,11,20H,10H2,1-5H3. The maximum atomic E-state index is 9.56. The molecule has 1 aromatic heterocycles. The van der Waals surface area contributed by atoms with Crippen LogP contribution in [-0.2, 0) is 6.61 Å². The van der Waals surface area contributed by atoms with Crippen molar-refractivity contribution in [3.05, 3.63) is 52.2 Å². The number of ether oxygens (including phenoxy) is 1. The lowest BCUT2D eigenvalue weighted by Gasteiger charge is -2.15. The van der Waals surface area contributed by atoms with Crippen LogP contribution in [0.25, 0.3) is 0 Å². The van der Waals surface area contributed by atoms with Crippen LogP contribution in [0.5, 0.6) is 11.6 Å². The first kappa shape index (κ1) is 15.5. The van der Waals surface area contributed by atoms with Gasteiger partial charge >= 0.3 is 0 Å². The lowest BCUT2D eigenvalue weighted by atomic mass is 10.0. The molecule has 0 aliphatic heterocycles. The molecule has 3 nitrogen and oxygen atoms in total. The molecule has 2 rings (SSSR count). The smallest absolute Gasteiger partial charge is 0.225 e. The monoisotopic (exact) mass is 285 g/mol. The number of benzene rings is 1. The minimum atomic E-state index is -0.0721. The fourth-order valence-corrected chi connectivity index (χ4v) is 2.30. The van der Waals surface area contributed by atoms with Crippen LogP contribution in [-0.4, -0.2) is 10.1 Å². The van der Waals surface area contributed by atoms with Gasteiger partial charge in [0.25, 0.3) is 0 Å². The van der Waals surface area contributed by atoms with Gasteiger partial charge in [-0.25, -0.2) is 4.98 Å². The Morgan fingerprint density at radius 1 is 1.10 bits per heavy atom. The second-order valence-corrected chi connectivity index (χ2v) is 5.80. The van der Waals surface area contributed by atoms with E-state index >= 15 is 0 Å². The molecule has 0 bridgehead atoms. The summed E-state index contributed by atoms with van der Waals surface area (Å²) < 4.78 is 6.01. The minimum Gasteiger partial charge on any atom is -0.438 e. The maximum absolute atomic E-state index is 9.56. The van der Waals surface area contributed by atoms with Crippen molar-refractivity contribution in [2.75, 3.05) is 0 Å². The summed E-state index contributed by atoms with van der Waals surface area (Å²) >= 11 is 0. The zero-order valence-electron chi connectivity index (χ0n) is 13.4. The summed E-state index contributed by atoms with van der Waals surface area (Å²) in [4.78, 5) is 4.43. The van der Waals surface area contributed by atoms with E-state index in [4.69, 9.17) is 4.74 Å². The fourth-order valence-electron chi connectivity index (χ4n) is 2.30. The van der Waals surface area contributed by atoms with E-state index in [-0.39, 0.29) is 6.61 Å². The molecular weight excluding hydrogens is 262 g/mol. The highest BCUT2D eigenvalue weighted by Crippen LogP contribution is 2.31. The van der Waals surface area contributed by atoms with Crippen molar-refractivity contribution in [3.63, 3.8) is 0 Å². The molecule has 0 spiro atoms. The van der Waals surface area contributed by atoms with Gasteiger partial charge in [-0.1, -0.05) is 26.0 Å². The molecule has 0 saturated heterocycles. The molecular formula is C18H23NO2. The van der Waals surface area contributed by atoms with E-state index < -0.39 is 0 Å². The second-order valence-electron chi connectivity index (χ2n) is 5.80. The number of aromatic nitrogens is 1. The first-order chi connectivity index (χ1) is 9.92. The van der Waals surface area contributed by atoms with Crippen LogP contribution in [0.15, 0.2) is 24.3 Å². The Morgan fingerprint density at radius 2 is 1.81 bits per heavy atom. The maximum Gasteiger partial charge on any atom is 0.225 e. The molecule has 112 valence electrons. The summed E-state index contributed by atoms with van der Waals surface area (Å²) in [6, 6.07) is 8.19. The largest absolute Gasteiger partial charge is 0.438 e. The van der Waals surface area contributed by atoms with Gasteiger partial charge < -0.3 is 9.84 Å². The van der Waals surface area contributed by atoms with Gasteiger partial charge in [0, 0.05) is 11.3 Å². The van der Waals surface area contributed by atoms with Crippen LogP contribution < -0.4 is 4.74 Å². The van der Waals surface area contributed by atoms with E-state index in [1.54, 1.807) is 0 Å². The van der Waals surface area contributed by atoms with Crippen LogP contribution in [0, 0.1) is 20.8 Å². The van der Waals surface area contributed by atoms with E-state index in [2.05, 4.69) is 37.0 Å². The van der Waals surface area contributed by atoms with Crippen molar-refractivity contribution in [1.29, 1.82) is 0 Å². The third kappa shape index (κ3) is 3.42. The highest BCUT2D eigenvalue weighted by molar-refractivity contribution is 5.43. The first-order valence-corrected chi connectivity index (χ1v) is 7.28. The molecule has 1 heterocycles. The van der Waals surface area contributed by atoms with Gasteiger partial charge in [-0.15, -0.1) is 0 Å². The van der Waals surface area contributed by atoms with E-state index in [0.717, 1.165) is 28.1 Å². The summed E-state index contributed by atoms with van der Waals surface area (Å²) in [6.45, 7) is 10.1. The summed E-state index contributed by atoms with van der Waals surface area (Å²) in [7, 11) is 0. The molecule has 0 fully saturated rings. The molecule has 0 aliphatic rings. The molecule has 0 aliphatic carbocycles. The number of rotatable bonds is 4. The molecule has 2 aromatic rings. The van der Waals surface area contributed by atoms with Crippen molar-refractivity contribution >= 4 is 0 Å². The van der Waals surface area contributed by atoms with Crippen LogP contribution in [0.3, 0.4) is 0 Å². The lowest BCUT2D eigenvalue weighted by molar-refractivity contribution is 0.274. The molecule has 0 amide bonds. The van der Waals surface area contributed by atoms with Gasteiger partial charge in [-0.05, 0) is 55.5 Å². The second kappa shape index (κ2) is 6.27. The molecule has 0 radical (unpaired) electrons. The molecule has 0 atom stereocenters. The number of aliphatic hydroxyl groups excluding tert-OH is 1. The quantitative estimate of drug-likeness (QED) is 0.904. The number of hydrogen-bond donors (Lipinski definition) is 1. The van der Waals surface area contributed by atoms with Crippen LogP contribution in [0.2, 0.25) is 0 Å². The summed E-state index contributed by atoms with van der Waals surface area (Å²) in [6.07, 6.45) is 0. The SMILES string of the molecule is Cc1cc(C)c(CO)c(Oc2cc(C(C)C)ccc2C)n1. The summed E-state index contributed by atoms with van der Waals surface area (Å²) in [5, 5.41) is 9.56. The number of aryl methyl sites for hydroxylation is 3. The zero-order valence-corrected chi connectivity index (χ0v) is 13.4. The molecule has 1 N–H and O–H groups in total. The Hall–Kier alpha value is -1.87. The van der Waals surface area contributed by atoms with Crippen LogP contribution in [0.4, 0.5) is 0 Å². The van der Waals surface area contributed by atoms with E-state index in [0.29, 0.717) is 11.8 Å². The first-order valence-electron chi connectivity index (χ1n) is 7.28. The average Bonchev–Trinajstić information content (AvgIpc) is 2.40. The molecule has 3 heteroatoms. The third-order valence-electron chi connectivity index (χ3n) is 3.68. The predicted octanol–water partition coefficient (Wildman–Crippen LogP) is 4.41. The van der Waals surface area contributed by atoms with Gasteiger partial charge in [0.2, 0.25) is 5.88 Å². The molecule has 21 heavy (non-hydrogen) atoms. The van der Waals surface area contributed by atoms with Crippen molar-refractivity contribution in [2.24, 2.45) is 0 Å². The van der Waals surface area contributed by atoms with Crippen molar-refractivity contribution in [1.82, 2.24) is 4.98 Å². The van der Waals surface area contributed by atoms with Gasteiger partial charge in [0.1, 0.15) is 5.75 Å². The predicted molar refractivity (Wildman–Crippen MR) is 85.0 cm³/mol. The summed E-state index contributed by atoms with van der Waals surface area (Å²) in [5.41, 5.74) is 4.92. The Bertz CT molecular complexity index is 648. The van der Waals surface area contributed by atoms with E-state index in [9.17, 15) is 5.11 Å². The number of nitrogens with zero attached hydrogens (tertiary/aromatic N) is 1. The van der Waals surface area contributed by atoms with E-state index in [1.807, 2.05) is 26.8 Å². The minimum absolute atomic E-state index is 0.0721. The van der Waals surface area contributed by atoms with Crippen molar-refractivity contribution in [3.8, 4) is 11.6 Å². The highest BCUT2D eigenvalue weighted by atomic mass is 16.5. The zero-order chi connectivity index (χ0) is 15.6. The van der Waals surface area contributed by atoms with Gasteiger partial charge in [0.05, 0.1) is 6.61 Å². The van der Waals surface area contributed by atoms with Gasteiger partial charge in [-0.2, -0.15) is 0 Å². The Kier molecular flexibility index (Phi) is 4.63. The Labute approximate surface area is 126 Å².